The number of benzene rings is 1. The van der Waals surface area contributed by atoms with Gasteiger partial charge in [-0.3, -0.25) is 9.69 Å². The number of amides is 1. The zero-order valence-electron chi connectivity index (χ0n) is 11.1. The van der Waals surface area contributed by atoms with Crippen LogP contribution in [0.2, 0.25) is 0 Å². The lowest BCUT2D eigenvalue weighted by molar-refractivity contribution is -0.119. The van der Waals surface area contributed by atoms with E-state index < -0.39 is 11.9 Å². The Kier molecular flexibility index (Phi) is 6.02. The van der Waals surface area contributed by atoms with Crippen LogP contribution in [0.5, 0.6) is 0 Å². The molecule has 19 heavy (non-hydrogen) atoms. The molecule has 0 heterocycles. The van der Waals surface area contributed by atoms with E-state index in [1.807, 2.05) is 4.90 Å². The van der Waals surface area contributed by atoms with Crippen molar-refractivity contribution in [2.75, 3.05) is 13.1 Å². The first-order valence-corrected chi connectivity index (χ1v) is 6.36. The number of nitrogens with two attached hydrogens (primary N) is 1. The van der Waals surface area contributed by atoms with Gasteiger partial charge in [-0.05, 0) is 24.6 Å². The van der Waals surface area contributed by atoms with E-state index in [0.717, 1.165) is 19.4 Å². The maximum absolute atomic E-state index is 11.1. The lowest BCUT2D eigenvalue weighted by Crippen LogP contribution is -2.34. The van der Waals surface area contributed by atoms with Gasteiger partial charge in [0.2, 0.25) is 5.91 Å². The first-order valence-electron chi connectivity index (χ1n) is 6.36. The third-order valence-electron chi connectivity index (χ3n) is 2.85. The number of carbonyl (C=O) groups is 2. The summed E-state index contributed by atoms with van der Waals surface area (Å²) in [5.41, 5.74) is 6.19. The number of hydrogen-bond acceptors (Lipinski definition) is 3. The largest absolute Gasteiger partial charge is 0.478 e. The molecule has 0 bridgehead atoms. The van der Waals surface area contributed by atoms with Crippen molar-refractivity contribution in [2.24, 2.45) is 5.73 Å². The van der Waals surface area contributed by atoms with Crippen molar-refractivity contribution < 1.29 is 14.7 Å². The summed E-state index contributed by atoms with van der Waals surface area (Å²) < 4.78 is 0. The molecular formula is C14H20N2O3. The number of hydrogen-bond donors (Lipinski definition) is 2. The molecule has 0 aliphatic heterocycles. The minimum absolute atomic E-state index is 0.147. The van der Waals surface area contributed by atoms with Gasteiger partial charge in [0, 0.05) is 6.54 Å². The Bertz CT molecular complexity index is 446. The Morgan fingerprint density at radius 2 is 2.00 bits per heavy atom. The number of nitrogens with zero attached hydrogens (tertiary/aromatic N) is 1. The third kappa shape index (κ3) is 5.09. The summed E-state index contributed by atoms with van der Waals surface area (Å²) in [5.74, 6) is -1.35. The zero-order valence-corrected chi connectivity index (χ0v) is 11.1. The summed E-state index contributed by atoms with van der Waals surface area (Å²) in [4.78, 5) is 24.1. The van der Waals surface area contributed by atoms with Gasteiger partial charge in [-0.2, -0.15) is 0 Å². The summed E-state index contributed by atoms with van der Waals surface area (Å²) >= 11 is 0. The topological polar surface area (TPSA) is 83.6 Å². The van der Waals surface area contributed by atoms with Crippen LogP contribution in [0.3, 0.4) is 0 Å². The summed E-state index contributed by atoms with van der Waals surface area (Å²) in [6.45, 7) is 3.36. The van der Waals surface area contributed by atoms with E-state index in [1.165, 1.54) is 0 Å². The number of aromatic carboxylic acids is 1. The molecule has 5 nitrogen and oxygen atoms in total. The molecule has 0 radical (unpaired) electrons. The van der Waals surface area contributed by atoms with Gasteiger partial charge >= 0.3 is 5.97 Å². The van der Waals surface area contributed by atoms with E-state index in [2.05, 4.69) is 6.92 Å². The molecule has 1 aromatic rings. The van der Waals surface area contributed by atoms with Gasteiger partial charge in [0.25, 0.3) is 0 Å². The molecule has 3 N–H and O–H groups in total. The van der Waals surface area contributed by atoms with Gasteiger partial charge < -0.3 is 10.8 Å². The molecule has 0 saturated heterocycles. The Labute approximate surface area is 113 Å². The second-order valence-corrected chi connectivity index (χ2v) is 4.49. The molecule has 0 unspecified atom stereocenters. The molecule has 0 fully saturated rings. The van der Waals surface area contributed by atoms with Crippen molar-refractivity contribution >= 4 is 11.9 Å². The summed E-state index contributed by atoms with van der Waals surface area (Å²) in [5, 5.41) is 9.13. The maximum Gasteiger partial charge on any atom is 0.336 e. The molecule has 0 saturated carbocycles. The number of carboxylic acids is 1. The average Bonchev–Trinajstić information content (AvgIpc) is 2.35. The fraction of sp³-hybridized carbons (Fsp3) is 0.429. The Morgan fingerprint density at radius 1 is 1.32 bits per heavy atom. The molecule has 0 aliphatic carbocycles. The Hall–Kier alpha value is -1.88. The lowest BCUT2D eigenvalue weighted by Gasteiger charge is -2.21. The van der Waals surface area contributed by atoms with Crippen molar-refractivity contribution in [1.82, 2.24) is 4.90 Å². The summed E-state index contributed by atoms with van der Waals surface area (Å²) in [6.07, 6.45) is 1.96. The second kappa shape index (κ2) is 7.53. The van der Waals surface area contributed by atoms with Crippen LogP contribution < -0.4 is 5.73 Å². The Balaban J connectivity index is 2.82. The SMILES string of the molecule is CCCCN(CC(N)=O)Cc1ccccc1C(=O)O. The summed E-state index contributed by atoms with van der Waals surface area (Å²) in [6, 6.07) is 6.82. The van der Waals surface area contributed by atoms with E-state index in [4.69, 9.17) is 10.8 Å². The van der Waals surface area contributed by atoms with E-state index in [0.29, 0.717) is 12.1 Å². The number of carboxylic acid groups (broad SMARTS) is 1. The highest BCUT2D eigenvalue weighted by Crippen LogP contribution is 2.12. The highest BCUT2D eigenvalue weighted by Gasteiger charge is 2.14. The molecule has 0 aromatic heterocycles. The fourth-order valence-electron chi connectivity index (χ4n) is 1.92. The van der Waals surface area contributed by atoms with Crippen molar-refractivity contribution in [1.29, 1.82) is 0 Å². The molecule has 1 amide bonds. The van der Waals surface area contributed by atoms with E-state index in [-0.39, 0.29) is 12.1 Å². The van der Waals surface area contributed by atoms with Gasteiger partial charge in [-0.1, -0.05) is 31.5 Å². The van der Waals surface area contributed by atoms with Gasteiger partial charge in [0.15, 0.2) is 0 Å². The quantitative estimate of drug-likeness (QED) is 0.744. The summed E-state index contributed by atoms with van der Waals surface area (Å²) in [7, 11) is 0. The molecule has 0 aliphatic rings. The van der Waals surface area contributed by atoms with Gasteiger partial charge in [-0.25, -0.2) is 4.79 Å². The molecule has 0 atom stereocenters. The fourth-order valence-corrected chi connectivity index (χ4v) is 1.92. The van der Waals surface area contributed by atoms with Gasteiger partial charge in [0.05, 0.1) is 12.1 Å². The molecule has 5 heteroatoms. The van der Waals surface area contributed by atoms with Crippen LogP contribution in [0.25, 0.3) is 0 Å². The van der Waals surface area contributed by atoms with Crippen LogP contribution in [0.15, 0.2) is 24.3 Å². The predicted octanol–water partition coefficient (Wildman–Crippen LogP) is 1.47. The van der Waals surface area contributed by atoms with Crippen molar-refractivity contribution in [3.8, 4) is 0 Å². The number of unbranched alkanes of at least 4 members (excludes halogenated alkanes) is 1. The highest BCUT2D eigenvalue weighted by atomic mass is 16.4. The van der Waals surface area contributed by atoms with Crippen LogP contribution in [0.4, 0.5) is 0 Å². The monoisotopic (exact) mass is 264 g/mol. The molecule has 1 aromatic carbocycles. The second-order valence-electron chi connectivity index (χ2n) is 4.49. The van der Waals surface area contributed by atoms with Crippen LogP contribution in [0.1, 0.15) is 35.7 Å². The van der Waals surface area contributed by atoms with E-state index in [1.54, 1.807) is 24.3 Å². The number of primary amides is 1. The minimum Gasteiger partial charge on any atom is -0.478 e. The maximum atomic E-state index is 11.1. The highest BCUT2D eigenvalue weighted by molar-refractivity contribution is 5.89. The van der Waals surface area contributed by atoms with Crippen molar-refractivity contribution in [2.45, 2.75) is 26.3 Å². The average molecular weight is 264 g/mol. The zero-order chi connectivity index (χ0) is 14.3. The number of rotatable bonds is 8. The van der Waals surface area contributed by atoms with Crippen molar-refractivity contribution in [3.63, 3.8) is 0 Å². The van der Waals surface area contributed by atoms with E-state index in [9.17, 15) is 9.59 Å². The molecule has 104 valence electrons. The molecule has 0 spiro atoms. The van der Waals surface area contributed by atoms with Crippen LogP contribution in [-0.2, 0) is 11.3 Å². The molecule has 1 rings (SSSR count). The smallest absolute Gasteiger partial charge is 0.336 e. The van der Waals surface area contributed by atoms with Gasteiger partial charge in [0.1, 0.15) is 0 Å². The normalized spacial score (nSPS) is 10.6. The first kappa shape index (κ1) is 15.2. The van der Waals surface area contributed by atoms with Gasteiger partial charge in [-0.15, -0.1) is 0 Å². The van der Waals surface area contributed by atoms with Crippen LogP contribution >= 0.6 is 0 Å². The first-order chi connectivity index (χ1) is 9.04. The third-order valence-corrected chi connectivity index (χ3v) is 2.85. The number of carbonyl (C=O) groups excluding carboxylic acids is 1. The lowest BCUT2D eigenvalue weighted by atomic mass is 10.1. The molecular weight excluding hydrogens is 244 g/mol. The predicted molar refractivity (Wildman–Crippen MR) is 72.8 cm³/mol. The van der Waals surface area contributed by atoms with E-state index >= 15 is 0 Å². The van der Waals surface area contributed by atoms with Crippen LogP contribution in [-0.4, -0.2) is 35.0 Å². The van der Waals surface area contributed by atoms with Crippen LogP contribution in [0, 0.1) is 0 Å². The minimum atomic E-state index is -0.954. The standard InChI is InChI=1S/C14H20N2O3/c1-2-3-8-16(10-13(15)17)9-11-6-4-5-7-12(11)14(18)19/h4-7H,2-3,8-10H2,1H3,(H2,15,17)(H,18,19). The van der Waals surface area contributed by atoms with Crippen molar-refractivity contribution in [3.05, 3.63) is 35.4 Å². The Morgan fingerprint density at radius 3 is 2.58 bits per heavy atom.